The average Bonchev–Trinajstić information content (AvgIpc) is 3.37. The van der Waals surface area contributed by atoms with Crippen LogP contribution in [0.3, 0.4) is 0 Å². The summed E-state index contributed by atoms with van der Waals surface area (Å²) in [4.78, 5) is 22.5. The topological polar surface area (TPSA) is 83.8 Å². The standard InChI is InChI=1S/C22H28O5/c1-21-7-6-15-14-5-3-13(23)10-12(14)2-4-16(15)19(21)17-11-18(17)22(21,26)8-9-27-20(24)25/h8-10,14-19,26H,2-7,11H2,1H3,(H,24,25)/b9-8-/t14-,15+,16+,17-,18+,19+,21-,22-/m0/s1. The Bertz CT molecular complexity index is 754. The van der Waals surface area contributed by atoms with E-state index in [1.807, 2.05) is 6.08 Å². The van der Waals surface area contributed by atoms with Crippen LogP contribution in [0, 0.1) is 40.9 Å². The summed E-state index contributed by atoms with van der Waals surface area (Å²) in [5, 5.41) is 20.4. The third kappa shape index (κ3) is 2.33. The van der Waals surface area contributed by atoms with Gasteiger partial charge in [0.1, 0.15) is 0 Å². The molecule has 5 rings (SSSR count). The minimum Gasteiger partial charge on any atom is -0.449 e. The van der Waals surface area contributed by atoms with Crippen LogP contribution in [0.25, 0.3) is 0 Å². The highest BCUT2D eigenvalue weighted by Crippen LogP contribution is 2.76. The smallest absolute Gasteiger partial charge is 0.449 e. The van der Waals surface area contributed by atoms with Gasteiger partial charge in [-0.25, -0.2) is 4.79 Å². The van der Waals surface area contributed by atoms with Gasteiger partial charge in [0.15, 0.2) is 5.78 Å². The van der Waals surface area contributed by atoms with Gasteiger partial charge in [-0.3, -0.25) is 4.79 Å². The highest BCUT2D eigenvalue weighted by atomic mass is 16.7. The van der Waals surface area contributed by atoms with Crippen molar-refractivity contribution in [3.8, 4) is 0 Å². The number of hydrogen-bond donors (Lipinski definition) is 2. The molecule has 5 nitrogen and oxygen atoms in total. The molecule has 27 heavy (non-hydrogen) atoms. The average molecular weight is 372 g/mol. The number of carbonyl (C=O) groups is 2. The second-order valence-corrected chi connectivity index (χ2v) is 9.70. The monoisotopic (exact) mass is 372 g/mol. The summed E-state index contributed by atoms with van der Waals surface area (Å²) < 4.78 is 4.58. The van der Waals surface area contributed by atoms with Gasteiger partial charge in [-0.15, -0.1) is 0 Å². The number of ether oxygens (including phenoxy) is 1. The molecule has 5 aliphatic carbocycles. The summed E-state index contributed by atoms with van der Waals surface area (Å²) in [6, 6.07) is 0. The Balaban J connectivity index is 1.44. The van der Waals surface area contributed by atoms with Crippen LogP contribution in [0.4, 0.5) is 4.79 Å². The Morgan fingerprint density at radius 3 is 2.81 bits per heavy atom. The van der Waals surface area contributed by atoms with Gasteiger partial charge < -0.3 is 14.9 Å². The van der Waals surface area contributed by atoms with Gasteiger partial charge in [-0.05, 0) is 86.2 Å². The first-order valence-electron chi connectivity index (χ1n) is 10.4. The minimum absolute atomic E-state index is 0.216. The molecule has 0 aromatic carbocycles. The molecule has 146 valence electrons. The van der Waals surface area contributed by atoms with Gasteiger partial charge in [-0.1, -0.05) is 12.5 Å². The normalized spacial score (nSPS) is 50.3. The highest BCUT2D eigenvalue weighted by Gasteiger charge is 2.75. The molecular weight excluding hydrogens is 344 g/mol. The lowest BCUT2D eigenvalue weighted by atomic mass is 9.49. The molecule has 0 amide bonds. The summed E-state index contributed by atoms with van der Waals surface area (Å²) in [6.07, 6.45) is 10.3. The number of rotatable bonds is 2. The Labute approximate surface area is 159 Å². The van der Waals surface area contributed by atoms with Crippen molar-refractivity contribution >= 4 is 11.9 Å². The third-order valence-corrected chi connectivity index (χ3v) is 8.82. The Morgan fingerprint density at radius 1 is 1.22 bits per heavy atom. The number of carboxylic acid groups (broad SMARTS) is 1. The summed E-state index contributed by atoms with van der Waals surface area (Å²) >= 11 is 0. The molecule has 4 fully saturated rings. The van der Waals surface area contributed by atoms with E-state index in [0.29, 0.717) is 41.8 Å². The van der Waals surface area contributed by atoms with E-state index >= 15 is 0 Å². The van der Waals surface area contributed by atoms with Crippen LogP contribution >= 0.6 is 0 Å². The lowest BCUT2D eigenvalue weighted by molar-refractivity contribution is -0.119. The molecule has 0 aromatic heterocycles. The van der Waals surface area contributed by atoms with E-state index in [9.17, 15) is 14.7 Å². The number of allylic oxidation sites excluding steroid dienone is 1. The molecule has 0 heterocycles. The van der Waals surface area contributed by atoms with E-state index in [1.165, 1.54) is 11.8 Å². The van der Waals surface area contributed by atoms with Gasteiger partial charge in [0, 0.05) is 11.8 Å². The molecule has 0 aromatic rings. The van der Waals surface area contributed by atoms with Crippen LogP contribution in [0.5, 0.6) is 0 Å². The molecule has 8 atom stereocenters. The van der Waals surface area contributed by atoms with Crippen LogP contribution < -0.4 is 0 Å². The second kappa shape index (κ2) is 5.69. The molecule has 0 bridgehead atoms. The lowest BCUT2D eigenvalue weighted by Gasteiger charge is -2.56. The maximum atomic E-state index is 11.8. The fourth-order valence-electron chi connectivity index (χ4n) is 7.74. The van der Waals surface area contributed by atoms with Crippen molar-refractivity contribution in [3.05, 3.63) is 24.0 Å². The summed E-state index contributed by atoms with van der Waals surface area (Å²) in [6.45, 7) is 2.21. The van der Waals surface area contributed by atoms with Gasteiger partial charge >= 0.3 is 6.16 Å². The zero-order valence-corrected chi connectivity index (χ0v) is 15.8. The van der Waals surface area contributed by atoms with Crippen molar-refractivity contribution in [2.75, 3.05) is 0 Å². The first kappa shape index (κ1) is 17.5. The first-order valence-corrected chi connectivity index (χ1v) is 10.4. The van der Waals surface area contributed by atoms with Crippen molar-refractivity contribution in [2.45, 2.75) is 57.5 Å². The zero-order valence-electron chi connectivity index (χ0n) is 15.8. The van der Waals surface area contributed by atoms with Crippen LogP contribution in [-0.2, 0) is 9.53 Å². The largest absolute Gasteiger partial charge is 0.510 e. The molecule has 0 unspecified atom stereocenters. The van der Waals surface area contributed by atoms with Crippen molar-refractivity contribution < 1.29 is 24.5 Å². The Kier molecular flexibility index (Phi) is 3.69. The number of aliphatic hydroxyl groups is 1. The Morgan fingerprint density at radius 2 is 2.04 bits per heavy atom. The summed E-state index contributed by atoms with van der Waals surface area (Å²) in [5.74, 6) is 3.35. The Hall–Kier alpha value is -1.62. The second-order valence-electron chi connectivity index (χ2n) is 9.70. The van der Waals surface area contributed by atoms with Crippen LogP contribution in [0.15, 0.2) is 24.0 Å². The number of carbonyl (C=O) groups excluding carboxylic acids is 1. The molecule has 4 saturated carbocycles. The number of ketones is 1. The van der Waals surface area contributed by atoms with Crippen molar-refractivity contribution in [1.29, 1.82) is 0 Å². The van der Waals surface area contributed by atoms with Gasteiger partial charge in [0.2, 0.25) is 0 Å². The van der Waals surface area contributed by atoms with Gasteiger partial charge in [0.05, 0.1) is 11.9 Å². The van der Waals surface area contributed by atoms with Crippen molar-refractivity contribution in [1.82, 2.24) is 0 Å². The third-order valence-electron chi connectivity index (χ3n) is 8.82. The van der Waals surface area contributed by atoms with Crippen molar-refractivity contribution in [2.24, 2.45) is 40.9 Å². The van der Waals surface area contributed by atoms with E-state index in [2.05, 4.69) is 11.7 Å². The predicted molar refractivity (Wildman–Crippen MR) is 97.7 cm³/mol. The molecule has 2 N–H and O–H groups in total. The van der Waals surface area contributed by atoms with Crippen LogP contribution in [0.1, 0.15) is 51.9 Å². The highest BCUT2D eigenvalue weighted by molar-refractivity contribution is 5.91. The van der Waals surface area contributed by atoms with Crippen LogP contribution in [0.2, 0.25) is 0 Å². The van der Waals surface area contributed by atoms with Gasteiger partial charge in [0.25, 0.3) is 0 Å². The molecule has 5 heteroatoms. The predicted octanol–water partition coefficient (Wildman–Crippen LogP) is 3.92. The summed E-state index contributed by atoms with van der Waals surface area (Å²) in [7, 11) is 0. The molecule has 0 saturated heterocycles. The molecule has 0 aliphatic heterocycles. The first-order chi connectivity index (χ1) is 12.8. The van der Waals surface area contributed by atoms with Gasteiger partial charge in [-0.2, -0.15) is 0 Å². The fourth-order valence-corrected chi connectivity index (χ4v) is 7.74. The minimum atomic E-state index is -1.34. The molecule has 5 aliphatic rings. The number of hydrogen-bond acceptors (Lipinski definition) is 4. The zero-order chi connectivity index (χ0) is 19.0. The van der Waals surface area contributed by atoms with E-state index < -0.39 is 11.8 Å². The van der Waals surface area contributed by atoms with E-state index in [0.717, 1.165) is 38.5 Å². The fraction of sp³-hybridized carbons (Fsp3) is 0.727. The maximum Gasteiger partial charge on any atom is 0.510 e. The van der Waals surface area contributed by atoms with Crippen molar-refractivity contribution in [3.63, 3.8) is 0 Å². The SMILES string of the molecule is C[C@]12CC[C@H]3[C@@H](CCC4=CC(=O)CC[C@@H]43)[C@@H]1[C@H]1C[C@H]1[C@@]2(O)/C=C\OC(=O)O. The quantitative estimate of drug-likeness (QED) is 0.567. The number of fused-ring (bicyclic) bond motifs is 7. The van der Waals surface area contributed by atoms with E-state index in [1.54, 1.807) is 6.08 Å². The van der Waals surface area contributed by atoms with E-state index in [-0.39, 0.29) is 11.3 Å². The maximum absolute atomic E-state index is 11.8. The van der Waals surface area contributed by atoms with Crippen LogP contribution in [-0.4, -0.2) is 27.8 Å². The molecular formula is C22H28O5. The lowest BCUT2D eigenvalue weighted by Crippen LogP contribution is -2.54. The summed E-state index contributed by atoms with van der Waals surface area (Å²) in [5.41, 5.74) is 0.194. The molecule has 0 spiro atoms. The van der Waals surface area contributed by atoms with E-state index in [4.69, 9.17) is 5.11 Å². The molecule has 0 radical (unpaired) electrons.